The first kappa shape index (κ1) is 12.6. The zero-order valence-corrected chi connectivity index (χ0v) is 11.1. The second kappa shape index (κ2) is 5.17. The lowest BCUT2D eigenvalue weighted by atomic mass is 9.68. The largest absolute Gasteiger partial charge is 0.383 e. The first-order chi connectivity index (χ1) is 8.15. The number of hydrogen-bond acceptors (Lipinski definition) is 3. The molecule has 2 rings (SSSR count). The van der Waals surface area contributed by atoms with Crippen LogP contribution >= 0.6 is 0 Å². The summed E-state index contributed by atoms with van der Waals surface area (Å²) in [4.78, 5) is 0. The lowest BCUT2D eigenvalue weighted by molar-refractivity contribution is 0.171. The summed E-state index contributed by atoms with van der Waals surface area (Å²) in [5, 5.41) is 8.42. The summed E-state index contributed by atoms with van der Waals surface area (Å²) in [7, 11) is 1.73. The molecule has 1 saturated carbocycles. The lowest BCUT2D eigenvalue weighted by Gasteiger charge is -2.38. The highest BCUT2D eigenvalue weighted by Crippen LogP contribution is 2.45. The molecule has 0 saturated heterocycles. The average molecular weight is 237 g/mol. The van der Waals surface area contributed by atoms with Crippen molar-refractivity contribution in [1.82, 2.24) is 14.8 Å². The molecule has 4 heteroatoms. The fourth-order valence-electron chi connectivity index (χ4n) is 2.87. The molecular formula is C13H23N3O. The summed E-state index contributed by atoms with van der Waals surface area (Å²) in [6.07, 6.45) is 7.01. The quantitative estimate of drug-likeness (QED) is 0.808. The molecule has 1 aliphatic carbocycles. The van der Waals surface area contributed by atoms with E-state index in [2.05, 4.69) is 28.6 Å². The molecule has 0 spiro atoms. The van der Waals surface area contributed by atoms with Gasteiger partial charge < -0.3 is 9.30 Å². The standard InChI is InChI=1S/C13H23N3O/c1-13(2)7-5-4-6-11(13)12-15-14-10-16(12)8-9-17-3/h10-11H,4-9H2,1-3H3. The van der Waals surface area contributed by atoms with Gasteiger partial charge in [-0.2, -0.15) is 0 Å². The molecule has 96 valence electrons. The molecule has 0 bridgehead atoms. The normalized spacial score (nSPS) is 23.8. The van der Waals surface area contributed by atoms with E-state index in [1.807, 2.05) is 6.33 Å². The van der Waals surface area contributed by atoms with E-state index in [-0.39, 0.29) is 0 Å². The Bertz CT molecular complexity index is 359. The molecule has 1 aromatic rings. The van der Waals surface area contributed by atoms with Gasteiger partial charge in [0.1, 0.15) is 12.2 Å². The maximum Gasteiger partial charge on any atom is 0.136 e. The first-order valence-corrected chi connectivity index (χ1v) is 6.52. The Morgan fingerprint density at radius 1 is 1.47 bits per heavy atom. The molecule has 17 heavy (non-hydrogen) atoms. The summed E-state index contributed by atoms with van der Waals surface area (Å²) in [5.74, 6) is 1.68. The van der Waals surface area contributed by atoms with Gasteiger partial charge in [-0.25, -0.2) is 0 Å². The topological polar surface area (TPSA) is 39.9 Å². The number of nitrogens with zero attached hydrogens (tertiary/aromatic N) is 3. The van der Waals surface area contributed by atoms with Gasteiger partial charge in [0.2, 0.25) is 0 Å². The van der Waals surface area contributed by atoms with Crippen molar-refractivity contribution in [2.75, 3.05) is 13.7 Å². The van der Waals surface area contributed by atoms with Crippen LogP contribution in [0.15, 0.2) is 6.33 Å². The van der Waals surface area contributed by atoms with Gasteiger partial charge in [0.05, 0.1) is 6.61 Å². The second-order valence-corrected chi connectivity index (χ2v) is 5.66. The number of methoxy groups -OCH3 is 1. The molecule has 1 aliphatic rings. The van der Waals surface area contributed by atoms with Gasteiger partial charge in [0.15, 0.2) is 0 Å². The zero-order valence-electron chi connectivity index (χ0n) is 11.1. The van der Waals surface area contributed by atoms with Gasteiger partial charge in [-0.1, -0.05) is 26.7 Å². The molecule has 0 amide bonds. The van der Waals surface area contributed by atoms with Crippen LogP contribution in [0.1, 0.15) is 51.3 Å². The van der Waals surface area contributed by atoms with Crippen molar-refractivity contribution in [3.63, 3.8) is 0 Å². The highest BCUT2D eigenvalue weighted by Gasteiger charge is 2.36. The van der Waals surface area contributed by atoms with Crippen LogP contribution in [0.25, 0.3) is 0 Å². The average Bonchev–Trinajstić information content (AvgIpc) is 2.73. The highest BCUT2D eigenvalue weighted by molar-refractivity contribution is 5.04. The van der Waals surface area contributed by atoms with Gasteiger partial charge in [-0.15, -0.1) is 10.2 Å². The van der Waals surface area contributed by atoms with E-state index in [0.29, 0.717) is 11.3 Å². The molecule has 1 heterocycles. The van der Waals surface area contributed by atoms with Crippen LogP contribution in [-0.4, -0.2) is 28.5 Å². The van der Waals surface area contributed by atoms with Gasteiger partial charge in [0, 0.05) is 19.6 Å². The Labute approximate surface area is 103 Å². The van der Waals surface area contributed by atoms with E-state index in [4.69, 9.17) is 4.74 Å². The van der Waals surface area contributed by atoms with Crippen molar-refractivity contribution >= 4 is 0 Å². The molecule has 1 unspecified atom stereocenters. The number of rotatable bonds is 4. The predicted molar refractivity (Wildman–Crippen MR) is 66.9 cm³/mol. The Morgan fingerprint density at radius 2 is 2.29 bits per heavy atom. The Hall–Kier alpha value is -0.900. The molecule has 0 aliphatic heterocycles. The minimum atomic E-state index is 0.343. The Balaban J connectivity index is 2.17. The van der Waals surface area contributed by atoms with Crippen LogP contribution in [0.2, 0.25) is 0 Å². The van der Waals surface area contributed by atoms with Crippen molar-refractivity contribution in [1.29, 1.82) is 0 Å². The second-order valence-electron chi connectivity index (χ2n) is 5.66. The van der Waals surface area contributed by atoms with Crippen LogP contribution in [0, 0.1) is 5.41 Å². The summed E-state index contributed by atoms with van der Waals surface area (Å²) in [6, 6.07) is 0. The van der Waals surface area contributed by atoms with E-state index in [1.54, 1.807) is 7.11 Å². The summed E-state index contributed by atoms with van der Waals surface area (Å²) in [5.41, 5.74) is 0.343. The third-order valence-electron chi connectivity index (χ3n) is 4.00. The van der Waals surface area contributed by atoms with Crippen LogP contribution in [0.4, 0.5) is 0 Å². The number of aromatic nitrogens is 3. The monoisotopic (exact) mass is 237 g/mol. The Kier molecular flexibility index (Phi) is 3.82. The molecule has 0 radical (unpaired) electrons. The third-order valence-corrected chi connectivity index (χ3v) is 4.00. The van der Waals surface area contributed by atoms with Gasteiger partial charge in [0.25, 0.3) is 0 Å². The molecule has 1 fully saturated rings. The van der Waals surface area contributed by atoms with Gasteiger partial charge >= 0.3 is 0 Å². The van der Waals surface area contributed by atoms with E-state index in [1.165, 1.54) is 25.7 Å². The maximum atomic E-state index is 5.13. The van der Waals surface area contributed by atoms with Crippen molar-refractivity contribution < 1.29 is 4.74 Å². The van der Waals surface area contributed by atoms with E-state index >= 15 is 0 Å². The van der Waals surface area contributed by atoms with Crippen molar-refractivity contribution in [2.45, 2.75) is 52.0 Å². The Morgan fingerprint density at radius 3 is 3.00 bits per heavy atom. The van der Waals surface area contributed by atoms with Crippen LogP contribution < -0.4 is 0 Å². The molecule has 0 N–H and O–H groups in total. The highest BCUT2D eigenvalue weighted by atomic mass is 16.5. The third kappa shape index (κ3) is 2.68. The van der Waals surface area contributed by atoms with E-state index in [9.17, 15) is 0 Å². The number of ether oxygens (including phenoxy) is 1. The fourth-order valence-corrected chi connectivity index (χ4v) is 2.87. The molecule has 1 aromatic heterocycles. The number of hydrogen-bond donors (Lipinski definition) is 0. The zero-order chi connectivity index (χ0) is 12.3. The predicted octanol–water partition coefficient (Wildman–Crippen LogP) is 2.61. The smallest absolute Gasteiger partial charge is 0.136 e. The molecule has 0 aromatic carbocycles. The minimum Gasteiger partial charge on any atom is -0.383 e. The summed E-state index contributed by atoms with van der Waals surface area (Å²) >= 11 is 0. The van der Waals surface area contributed by atoms with Crippen LogP contribution in [0.3, 0.4) is 0 Å². The van der Waals surface area contributed by atoms with Crippen molar-refractivity contribution in [2.24, 2.45) is 5.41 Å². The van der Waals surface area contributed by atoms with Crippen molar-refractivity contribution in [3.8, 4) is 0 Å². The summed E-state index contributed by atoms with van der Waals surface area (Å²) in [6.45, 7) is 6.28. The lowest BCUT2D eigenvalue weighted by Crippen LogP contribution is -2.28. The van der Waals surface area contributed by atoms with Gasteiger partial charge in [-0.05, 0) is 18.3 Å². The van der Waals surface area contributed by atoms with Crippen LogP contribution in [0.5, 0.6) is 0 Å². The van der Waals surface area contributed by atoms with Gasteiger partial charge in [-0.3, -0.25) is 0 Å². The van der Waals surface area contributed by atoms with Crippen molar-refractivity contribution in [3.05, 3.63) is 12.2 Å². The molecule has 1 atom stereocenters. The fraction of sp³-hybridized carbons (Fsp3) is 0.846. The summed E-state index contributed by atoms with van der Waals surface area (Å²) < 4.78 is 7.29. The first-order valence-electron chi connectivity index (χ1n) is 6.52. The maximum absolute atomic E-state index is 5.13. The SMILES string of the molecule is COCCn1cnnc1C1CCCCC1(C)C. The van der Waals surface area contributed by atoms with E-state index < -0.39 is 0 Å². The minimum absolute atomic E-state index is 0.343. The molecular weight excluding hydrogens is 214 g/mol. The van der Waals surface area contributed by atoms with E-state index in [0.717, 1.165) is 19.0 Å². The van der Waals surface area contributed by atoms with Crippen LogP contribution in [-0.2, 0) is 11.3 Å². The molecule has 4 nitrogen and oxygen atoms in total.